The van der Waals surface area contributed by atoms with Crippen molar-refractivity contribution in [1.29, 1.82) is 0 Å². The number of fused-ring (bicyclic) bond motifs is 1. The maximum absolute atomic E-state index is 12.5. The van der Waals surface area contributed by atoms with Gasteiger partial charge in [0.25, 0.3) is 0 Å². The zero-order valence-electron chi connectivity index (χ0n) is 18.2. The van der Waals surface area contributed by atoms with Gasteiger partial charge in [0.2, 0.25) is 15.9 Å². The Morgan fingerprint density at radius 1 is 1.13 bits per heavy atom. The van der Waals surface area contributed by atoms with E-state index >= 15 is 0 Å². The molecule has 0 bridgehead atoms. The Labute approximate surface area is 183 Å². The van der Waals surface area contributed by atoms with Gasteiger partial charge >= 0.3 is 0 Å². The average molecular weight is 451 g/mol. The van der Waals surface area contributed by atoms with Gasteiger partial charge < -0.3 is 14.8 Å². The van der Waals surface area contributed by atoms with Crippen LogP contribution in [0.3, 0.4) is 0 Å². The first-order valence-electron chi connectivity index (χ1n) is 10.4. The first-order valence-corrected chi connectivity index (χ1v) is 11.9. The summed E-state index contributed by atoms with van der Waals surface area (Å²) in [5.41, 5.74) is 0.531. The molecule has 2 heterocycles. The standard InChI is InChI=1S/C21H30N4O5S/c1-21(2,3)25-15-16(14-22-25)24-20(26)7-5-4-6-10-23-31(27,28)17-8-9-18-19(13-17)30-12-11-29-18/h8-9,13-15,23H,4-7,10-12H2,1-3H3,(H,24,26). The van der Waals surface area contributed by atoms with E-state index < -0.39 is 10.0 Å². The van der Waals surface area contributed by atoms with Crippen molar-refractivity contribution in [3.8, 4) is 11.5 Å². The average Bonchev–Trinajstić information content (AvgIpc) is 3.19. The van der Waals surface area contributed by atoms with Crippen LogP contribution in [-0.4, -0.2) is 43.9 Å². The molecule has 1 aliphatic heterocycles. The van der Waals surface area contributed by atoms with Crippen molar-refractivity contribution in [3.05, 3.63) is 30.6 Å². The summed E-state index contributed by atoms with van der Waals surface area (Å²) in [6.07, 6.45) is 5.86. The van der Waals surface area contributed by atoms with Crippen LogP contribution < -0.4 is 19.5 Å². The van der Waals surface area contributed by atoms with Gasteiger partial charge in [-0.1, -0.05) is 6.42 Å². The van der Waals surface area contributed by atoms with Gasteiger partial charge in [-0.3, -0.25) is 9.48 Å². The van der Waals surface area contributed by atoms with Crippen molar-refractivity contribution in [3.63, 3.8) is 0 Å². The monoisotopic (exact) mass is 450 g/mol. The molecule has 1 aromatic heterocycles. The number of hydrogen-bond acceptors (Lipinski definition) is 6. The number of carbonyl (C=O) groups excluding carboxylic acids is 1. The summed E-state index contributed by atoms with van der Waals surface area (Å²) in [5, 5.41) is 7.10. The fraction of sp³-hybridized carbons (Fsp3) is 0.524. The lowest BCUT2D eigenvalue weighted by atomic mass is 10.1. The Balaban J connectivity index is 1.36. The third kappa shape index (κ3) is 6.44. The lowest BCUT2D eigenvalue weighted by molar-refractivity contribution is -0.116. The molecule has 9 nitrogen and oxygen atoms in total. The Morgan fingerprint density at radius 2 is 1.87 bits per heavy atom. The number of benzene rings is 1. The number of sulfonamides is 1. The van der Waals surface area contributed by atoms with E-state index in [1.165, 1.54) is 12.1 Å². The van der Waals surface area contributed by atoms with E-state index in [-0.39, 0.29) is 16.3 Å². The number of aromatic nitrogens is 2. The highest BCUT2D eigenvalue weighted by Crippen LogP contribution is 2.32. The smallest absolute Gasteiger partial charge is 0.240 e. The van der Waals surface area contributed by atoms with E-state index in [0.29, 0.717) is 56.2 Å². The molecule has 0 aliphatic carbocycles. The third-order valence-electron chi connectivity index (χ3n) is 4.75. The van der Waals surface area contributed by atoms with Crippen LogP contribution in [0.1, 0.15) is 46.5 Å². The van der Waals surface area contributed by atoms with Gasteiger partial charge in [-0.25, -0.2) is 13.1 Å². The highest BCUT2D eigenvalue weighted by atomic mass is 32.2. The minimum Gasteiger partial charge on any atom is -0.486 e. The van der Waals surface area contributed by atoms with Crippen molar-refractivity contribution in [1.82, 2.24) is 14.5 Å². The number of hydrogen-bond donors (Lipinski definition) is 2. The molecule has 0 fully saturated rings. The predicted molar refractivity (Wildman–Crippen MR) is 117 cm³/mol. The Hall–Kier alpha value is -2.59. The molecule has 0 atom stereocenters. The number of ether oxygens (including phenoxy) is 2. The zero-order valence-corrected chi connectivity index (χ0v) is 19.0. The number of rotatable bonds is 9. The third-order valence-corrected chi connectivity index (χ3v) is 6.21. The highest BCUT2D eigenvalue weighted by Gasteiger charge is 2.19. The van der Waals surface area contributed by atoms with Crippen LogP contribution in [0.2, 0.25) is 0 Å². The molecule has 2 aromatic rings. The number of nitrogens with zero attached hydrogens (tertiary/aromatic N) is 2. The van der Waals surface area contributed by atoms with Gasteiger partial charge in [0.15, 0.2) is 11.5 Å². The second-order valence-electron chi connectivity index (χ2n) is 8.41. The summed E-state index contributed by atoms with van der Waals surface area (Å²) in [6, 6.07) is 4.58. The molecule has 170 valence electrons. The molecule has 0 radical (unpaired) electrons. The largest absolute Gasteiger partial charge is 0.486 e. The van der Waals surface area contributed by atoms with E-state index in [2.05, 4.69) is 15.1 Å². The molecule has 0 unspecified atom stereocenters. The van der Waals surface area contributed by atoms with Gasteiger partial charge in [0.05, 0.1) is 22.3 Å². The van der Waals surface area contributed by atoms with E-state index in [0.717, 1.165) is 6.42 Å². The fourth-order valence-electron chi connectivity index (χ4n) is 3.05. The molecule has 1 aromatic carbocycles. The van der Waals surface area contributed by atoms with Gasteiger partial charge in [-0.05, 0) is 45.7 Å². The van der Waals surface area contributed by atoms with E-state index in [1.54, 1.807) is 16.9 Å². The highest BCUT2D eigenvalue weighted by molar-refractivity contribution is 7.89. The maximum Gasteiger partial charge on any atom is 0.240 e. The lowest BCUT2D eigenvalue weighted by Gasteiger charge is -2.18. The van der Waals surface area contributed by atoms with Crippen LogP contribution >= 0.6 is 0 Å². The van der Waals surface area contributed by atoms with Crippen molar-refractivity contribution in [2.24, 2.45) is 0 Å². The molecule has 0 saturated carbocycles. The van der Waals surface area contributed by atoms with E-state index in [1.807, 2.05) is 27.0 Å². The number of anilines is 1. The molecule has 1 amide bonds. The molecule has 0 saturated heterocycles. The molecule has 2 N–H and O–H groups in total. The van der Waals surface area contributed by atoms with E-state index in [9.17, 15) is 13.2 Å². The number of amides is 1. The quantitative estimate of drug-likeness (QED) is 0.568. The summed E-state index contributed by atoms with van der Waals surface area (Å²) < 4.78 is 40.2. The summed E-state index contributed by atoms with van der Waals surface area (Å²) >= 11 is 0. The Bertz CT molecular complexity index is 1010. The number of carbonyl (C=O) groups is 1. The van der Waals surface area contributed by atoms with Crippen molar-refractivity contribution < 1.29 is 22.7 Å². The van der Waals surface area contributed by atoms with Crippen LogP contribution in [0, 0.1) is 0 Å². The van der Waals surface area contributed by atoms with Crippen LogP contribution in [0.15, 0.2) is 35.5 Å². The molecule has 10 heteroatoms. The first-order chi connectivity index (χ1) is 14.6. The molecular formula is C21H30N4O5S. The van der Waals surface area contributed by atoms with Crippen LogP contribution in [0.25, 0.3) is 0 Å². The Morgan fingerprint density at radius 3 is 2.58 bits per heavy atom. The second kappa shape index (κ2) is 9.69. The second-order valence-corrected chi connectivity index (χ2v) is 10.2. The SMILES string of the molecule is CC(C)(C)n1cc(NC(=O)CCCCCNS(=O)(=O)c2ccc3c(c2)OCCO3)cn1. The fourth-order valence-corrected chi connectivity index (χ4v) is 4.13. The van der Waals surface area contributed by atoms with Crippen molar-refractivity contribution in [2.45, 2.75) is 56.9 Å². The predicted octanol–water partition coefficient (Wildman–Crippen LogP) is 2.89. The summed E-state index contributed by atoms with van der Waals surface area (Å²) in [6.45, 7) is 7.26. The summed E-state index contributed by atoms with van der Waals surface area (Å²) in [5.74, 6) is 0.910. The molecule has 3 rings (SSSR count). The number of unbranched alkanes of at least 4 members (excludes halogenated alkanes) is 2. The zero-order chi connectivity index (χ0) is 22.5. The van der Waals surface area contributed by atoms with E-state index in [4.69, 9.17) is 9.47 Å². The topological polar surface area (TPSA) is 112 Å². The molecular weight excluding hydrogens is 420 g/mol. The minimum absolute atomic E-state index is 0.0784. The van der Waals surface area contributed by atoms with Crippen LogP contribution in [0.4, 0.5) is 5.69 Å². The van der Waals surface area contributed by atoms with Crippen LogP contribution in [0.5, 0.6) is 11.5 Å². The Kier molecular flexibility index (Phi) is 7.22. The van der Waals surface area contributed by atoms with Gasteiger partial charge in [0.1, 0.15) is 13.2 Å². The summed E-state index contributed by atoms with van der Waals surface area (Å²) in [4.78, 5) is 12.2. The first kappa shape index (κ1) is 23.1. The number of nitrogens with one attached hydrogen (secondary N) is 2. The maximum atomic E-state index is 12.5. The van der Waals surface area contributed by atoms with Gasteiger partial charge in [-0.2, -0.15) is 5.10 Å². The van der Waals surface area contributed by atoms with Crippen LogP contribution in [-0.2, 0) is 20.4 Å². The normalized spacial score (nSPS) is 13.8. The minimum atomic E-state index is -3.62. The molecule has 0 spiro atoms. The molecule has 31 heavy (non-hydrogen) atoms. The van der Waals surface area contributed by atoms with Crippen molar-refractivity contribution in [2.75, 3.05) is 25.1 Å². The van der Waals surface area contributed by atoms with Gasteiger partial charge in [-0.15, -0.1) is 0 Å². The van der Waals surface area contributed by atoms with Gasteiger partial charge in [0, 0.05) is 25.2 Å². The lowest BCUT2D eigenvalue weighted by Crippen LogP contribution is -2.25. The molecule has 1 aliphatic rings. The van der Waals surface area contributed by atoms with Crippen molar-refractivity contribution >= 4 is 21.6 Å². The summed E-state index contributed by atoms with van der Waals surface area (Å²) in [7, 11) is -3.62.